The van der Waals surface area contributed by atoms with Crippen molar-refractivity contribution in [1.29, 1.82) is 0 Å². The van der Waals surface area contributed by atoms with Crippen molar-refractivity contribution in [3.63, 3.8) is 0 Å². The molecule has 1 aliphatic heterocycles. The lowest BCUT2D eigenvalue weighted by molar-refractivity contribution is -0.384. The van der Waals surface area contributed by atoms with Gasteiger partial charge in [0, 0.05) is 17.7 Å². The van der Waals surface area contributed by atoms with E-state index in [4.69, 9.17) is 12.2 Å². The number of nitrogens with zero attached hydrogens (tertiary/aromatic N) is 2. The molecule has 1 heterocycles. The smallest absolute Gasteiger partial charge is 0.270 e. The van der Waals surface area contributed by atoms with Crippen LogP contribution < -0.4 is 10.9 Å². The molecule has 0 aromatic heterocycles. The average Bonchev–Trinajstić information content (AvgIpc) is 3.05. The number of carbonyl (C=O) groups is 3. The van der Waals surface area contributed by atoms with Crippen molar-refractivity contribution in [2.24, 2.45) is 0 Å². The van der Waals surface area contributed by atoms with E-state index in [9.17, 15) is 24.5 Å². The van der Waals surface area contributed by atoms with Crippen LogP contribution in [0, 0.1) is 10.1 Å². The van der Waals surface area contributed by atoms with E-state index in [2.05, 4.69) is 10.9 Å². The molecule has 3 amide bonds. The van der Waals surface area contributed by atoms with Gasteiger partial charge in [0.25, 0.3) is 23.4 Å². The standard InChI is InChI=1S/C22H18N4O5S2/c1-14(10-15-6-3-2-4-7-15)11-18-21(29)25(22(32)33-18)13-19(27)23-24-20(28)16-8-5-9-17(12-16)26(30)31/h2-12H,13H2,1H3,(H,23,27)(H,24,28). The lowest BCUT2D eigenvalue weighted by Gasteiger charge is -2.14. The van der Waals surface area contributed by atoms with Crippen LogP contribution in [0.1, 0.15) is 22.8 Å². The highest BCUT2D eigenvalue weighted by atomic mass is 32.2. The van der Waals surface area contributed by atoms with Gasteiger partial charge >= 0.3 is 0 Å². The summed E-state index contributed by atoms with van der Waals surface area (Å²) in [6.07, 6.45) is 3.62. The molecule has 0 bridgehead atoms. The number of hydrogen-bond donors (Lipinski definition) is 2. The number of benzene rings is 2. The molecule has 0 atom stereocenters. The van der Waals surface area contributed by atoms with Crippen molar-refractivity contribution in [3.05, 3.63) is 92.4 Å². The summed E-state index contributed by atoms with van der Waals surface area (Å²) in [6.45, 7) is 1.47. The van der Waals surface area contributed by atoms with Crippen molar-refractivity contribution in [1.82, 2.24) is 15.8 Å². The van der Waals surface area contributed by atoms with Crippen LogP contribution in [0.2, 0.25) is 0 Å². The Morgan fingerprint density at radius 1 is 1.15 bits per heavy atom. The van der Waals surface area contributed by atoms with Gasteiger partial charge in [-0.1, -0.05) is 66.5 Å². The normalized spacial score (nSPS) is 15.0. The molecule has 3 rings (SSSR count). The second-order valence-electron chi connectivity index (χ2n) is 6.88. The molecule has 0 unspecified atom stereocenters. The Kier molecular flexibility index (Phi) is 7.70. The first-order valence-corrected chi connectivity index (χ1v) is 10.8. The molecule has 0 radical (unpaired) electrons. The maximum atomic E-state index is 12.7. The molecular formula is C22H18N4O5S2. The van der Waals surface area contributed by atoms with E-state index in [1.807, 2.05) is 43.3 Å². The van der Waals surface area contributed by atoms with Gasteiger partial charge in [0.15, 0.2) is 0 Å². The van der Waals surface area contributed by atoms with Gasteiger partial charge in [-0.2, -0.15) is 0 Å². The zero-order valence-electron chi connectivity index (χ0n) is 17.3. The number of non-ortho nitro benzene ring substituents is 1. The van der Waals surface area contributed by atoms with Crippen molar-refractivity contribution >= 4 is 57.8 Å². The fourth-order valence-corrected chi connectivity index (χ4v) is 4.14. The van der Waals surface area contributed by atoms with Crippen molar-refractivity contribution in [2.45, 2.75) is 6.92 Å². The summed E-state index contributed by atoms with van der Waals surface area (Å²) in [5, 5.41) is 10.8. The summed E-state index contributed by atoms with van der Waals surface area (Å²) >= 11 is 6.31. The fourth-order valence-electron chi connectivity index (χ4n) is 2.84. The number of nitro groups is 1. The first-order chi connectivity index (χ1) is 15.7. The number of hydrogen-bond acceptors (Lipinski definition) is 7. The molecule has 0 aliphatic carbocycles. The molecule has 1 saturated heterocycles. The SMILES string of the molecule is CC(=Cc1ccccc1)C=C1SC(=S)N(CC(=O)NNC(=O)c2cccc([N+](=O)[O-])c2)C1=O. The maximum absolute atomic E-state index is 12.7. The molecule has 9 nitrogen and oxygen atoms in total. The summed E-state index contributed by atoms with van der Waals surface area (Å²) in [5.41, 5.74) is 5.92. The van der Waals surface area contributed by atoms with Crippen LogP contribution in [-0.4, -0.2) is 38.4 Å². The van der Waals surface area contributed by atoms with Crippen LogP contribution in [0.3, 0.4) is 0 Å². The molecule has 2 aromatic rings. The first kappa shape index (κ1) is 23.8. The summed E-state index contributed by atoms with van der Waals surface area (Å²) in [5.74, 6) is -1.83. The lowest BCUT2D eigenvalue weighted by Crippen LogP contribution is -2.47. The Labute approximate surface area is 198 Å². The Morgan fingerprint density at radius 2 is 1.88 bits per heavy atom. The Hall–Kier alpha value is -3.83. The number of hydrazine groups is 1. The number of nitrogens with one attached hydrogen (secondary N) is 2. The zero-order chi connectivity index (χ0) is 24.0. The Balaban J connectivity index is 1.58. The molecule has 1 fully saturated rings. The molecule has 0 saturated carbocycles. The quantitative estimate of drug-likeness (QED) is 0.281. The molecule has 33 heavy (non-hydrogen) atoms. The first-order valence-electron chi connectivity index (χ1n) is 9.57. The Bertz CT molecular complexity index is 1190. The number of carbonyl (C=O) groups excluding carboxylic acids is 3. The summed E-state index contributed by atoms with van der Waals surface area (Å²) < 4.78 is 0.221. The minimum absolute atomic E-state index is 0.00118. The average molecular weight is 483 g/mol. The predicted molar refractivity (Wildman–Crippen MR) is 129 cm³/mol. The highest BCUT2D eigenvalue weighted by molar-refractivity contribution is 8.26. The van der Waals surface area contributed by atoms with Gasteiger partial charge in [-0.05, 0) is 30.2 Å². The zero-order valence-corrected chi connectivity index (χ0v) is 18.9. The molecule has 0 spiro atoms. The fraction of sp³-hybridized carbons (Fsp3) is 0.0909. The van der Waals surface area contributed by atoms with Crippen LogP contribution >= 0.6 is 24.0 Å². The summed E-state index contributed by atoms with van der Waals surface area (Å²) in [7, 11) is 0. The van der Waals surface area contributed by atoms with Crippen LogP contribution in [0.4, 0.5) is 5.69 Å². The highest BCUT2D eigenvalue weighted by Gasteiger charge is 2.33. The molecule has 1 aliphatic rings. The van der Waals surface area contributed by atoms with E-state index in [0.29, 0.717) is 4.91 Å². The van der Waals surface area contributed by atoms with Gasteiger partial charge in [0.1, 0.15) is 10.9 Å². The van der Waals surface area contributed by atoms with E-state index in [1.54, 1.807) is 6.08 Å². The van der Waals surface area contributed by atoms with Crippen molar-refractivity contribution in [2.75, 3.05) is 6.54 Å². The van der Waals surface area contributed by atoms with E-state index < -0.39 is 29.2 Å². The number of nitro benzene ring substituents is 1. The van der Waals surface area contributed by atoms with Gasteiger partial charge in [-0.15, -0.1) is 0 Å². The monoisotopic (exact) mass is 482 g/mol. The number of thiocarbonyl (C=S) groups is 1. The van der Waals surface area contributed by atoms with Crippen molar-refractivity contribution < 1.29 is 19.3 Å². The molecule has 168 valence electrons. The number of rotatable bonds is 6. The lowest BCUT2D eigenvalue weighted by atomic mass is 10.1. The summed E-state index contributed by atoms with van der Waals surface area (Å²) in [6, 6.07) is 14.7. The maximum Gasteiger partial charge on any atom is 0.270 e. The van der Waals surface area contributed by atoms with Gasteiger partial charge < -0.3 is 0 Å². The largest absolute Gasteiger partial charge is 0.283 e. The summed E-state index contributed by atoms with van der Waals surface area (Å²) in [4.78, 5) is 48.8. The highest BCUT2D eigenvalue weighted by Crippen LogP contribution is 2.31. The van der Waals surface area contributed by atoms with E-state index in [1.165, 1.54) is 18.2 Å². The minimum Gasteiger partial charge on any atom is -0.283 e. The topological polar surface area (TPSA) is 122 Å². The number of thioether (sulfide) groups is 1. The third-order valence-corrected chi connectivity index (χ3v) is 5.74. The van der Waals surface area contributed by atoms with Gasteiger partial charge in [0.05, 0.1) is 9.83 Å². The van der Waals surface area contributed by atoms with Crippen LogP contribution in [0.15, 0.2) is 71.2 Å². The van der Waals surface area contributed by atoms with Gasteiger partial charge in [-0.3, -0.25) is 40.2 Å². The van der Waals surface area contributed by atoms with Crippen LogP contribution in [-0.2, 0) is 9.59 Å². The number of allylic oxidation sites excluding steroid dienone is 2. The molecular weight excluding hydrogens is 464 g/mol. The predicted octanol–water partition coefficient (Wildman–Crippen LogP) is 3.20. The molecule has 2 N–H and O–H groups in total. The van der Waals surface area contributed by atoms with Crippen LogP contribution in [0.5, 0.6) is 0 Å². The number of amides is 3. The van der Waals surface area contributed by atoms with Crippen molar-refractivity contribution in [3.8, 4) is 0 Å². The van der Waals surface area contributed by atoms with E-state index in [-0.39, 0.29) is 15.6 Å². The van der Waals surface area contributed by atoms with E-state index >= 15 is 0 Å². The minimum atomic E-state index is -0.737. The second kappa shape index (κ2) is 10.7. The van der Waals surface area contributed by atoms with Gasteiger partial charge in [0.2, 0.25) is 0 Å². The van der Waals surface area contributed by atoms with E-state index in [0.717, 1.165) is 33.9 Å². The van der Waals surface area contributed by atoms with Gasteiger partial charge in [-0.25, -0.2) is 0 Å². The van der Waals surface area contributed by atoms with Crippen LogP contribution in [0.25, 0.3) is 6.08 Å². The third kappa shape index (κ3) is 6.34. The third-order valence-electron chi connectivity index (χ3n) is 4.36. The molecule has 11 heteroatoms. The molecule has 2 aromatic carbocycles. The Morgan fingerprint density at radius 3 is 2.58 bits per heavy atom. The second-order valence-corrected chi connectivity index (χ2v) is 8.55.